The smallest absolute Gasteiger partial charge is 0.338 e. The van der Waals surface area contributed by atoms with E-state index < -0.39 is 23.8 Å². The van der Waals surface area contributed by atoms with Gasteiger partial charge in [0.1, 0.15) is 5.82 Å². The lowest BCUT2D eigenvalue weighted by Gasteiger charge is -2.14. The molecule has 4 nitrogen and oxygen atoms in total. The molecular weight excluding hydrogens is 333 g/mol. The molecule has 1 amide bonds. The maximum Gasteiger partial charge on any atom is 0.338 e. The number of hydrogen-bond donors (Lipinski definition) is 1. The molecule has 0 saturated heterocycles. The molecule has 6 heteroatoms. The Labute approximate surface area is 144 Å². The number of rotatable bonds is 4. The molecule has 0 aliphatic rings. The summed E-state index contributed by atoms with van der Waals surface area (Å²) in [7, 11) is 0. The Bertz CT molecular complexity index is 792. The molecule has 0 saturated carbocycles. The molecule has 0 bridgehead atoms. The molecule has 0 heterocycles. The van der Waals surface area contributed by atoms with Crippen LogP contribution in [0.25, 0.3) is 0 Å². The van der Waals surface area contributed by atoms with Crippen LogP contribution in [0.5, 0.6) is 0 Å². The lowest BCUT2D eigenvalue weighted by molar-refractivity contribution is -0.123. The standard InChI is InChI=1S/C18H17ClFNO3/c1-10-4-5-13(8-11(10)2)18(23)24-12(3)17(22)21-16-7-6-14(20)9-15(16)19/h4-9,12H,1-3H3,(H,21,22)/t12-/m0/s1. The predicted octanol–water partition coefficient (Wildman–Crippen LogP) is 4.28. The van der Waals surface area contributed by atoms with Gasteiger partial charge in [-0.3, -0.25) is 4.79 Å². The second-order valence-electron chi connectivity index (χ2n) is 5.46. The summed E-state index contributed by atoms with van der Waals surface area (Å²) < 4.78 is 18.2. The van der Waals surface area contributed by atoms with Gasteiger partial charge in [-0.15, -0.1) is 0 Å². The zero-order valence-electron chi connectivity index (χ0n) is 13.5. The van der Waals surface area contributed by atoms with Gasteiger partial charge in [-0.05, 0) is 62.2 Å². The van der Waals surface area contributed by atoms with E-state index in [0.717, 1.165) is 17.2 Å². The monoisotopic (exact) mass is 349 g/mol. The minimum Gasteiger partial charge on any atom is -0.449 e. The van der Waals surface area contributed by atoms with Gasteiger partial charge in [0, 0.05) is 0 Å². The van der Waals surface area contributed by atoms with Crippen LogP contribution in [0.15, 0.2) is 36.4 Å². The van der Waals surface area contributed by atoms with Crippen LogP contribution in [0.1, 0.15) is 28.4 Å². The second kappa shape index (κ2) is 7.45. The van der Waals surface area contributed by atoms with Crippen molar-refractivity contribution in [1.29, 1.82) is 0 Å². The van der Waals surface area contributed by atoms with Crippen LogP contribution >= 0.6 is 11.6 Å². The van der Waals surface area contributed by atoms with E-state index in [-0.39, 0.29) is 10.7 Å². The minimum atomic E-state index is -1.03. The SMILES string of the molecule is Cc1ccc(C(=O)O[C@@H](C)C(=O)Nc2ccc(F)cc2Cl)cc1C. The predicted molar refractivity (Wildman–Crippen MR) is 90.8 cm³/mol. The summed E-state index contributed by atoms with van der Waals surface area (Å²) >= 11 is 5.85. The first-order valence-electron chi connectivity index (χ1n) is 7.32. The number of halogens is 2. The number of carbonyl (C=O) groups is 2. The van der Waals surface area contributed by atoms with Gasteiger partial charge in [-0.25, -0.2) is 9.18 Å². The zero-order valence-corrected chi connectivity index (χ0v) is 14.3. The summed E-state index contributed by atoms with van der Waals surface area (Å²) in [5.41, 5.74) is 2.64. The Kier molecular flexibility index (Phi) is 5.57. The van der Waals surface area contributed by atoms with Crippen molar-refractivity contribution in [3.63, 3.8) is 0 Å². The molecule has 0 spiro atoms. The molecule has 2 rings (SSSR count). The van der Waals surface area contributed by atoms with E-state index in [2.05, 4.69) is 5.32 Å². The van der Waals surface area contributed by atoms with Crippen molar-refractivity contribution >= 4 is 29.2 Å². The van der Waals surface area contributed by atoms with Gasteiger partial charge < -0.3 is 10.1 Å². The molecule has 0 fully saturated rings. The summed E-state index contributed by atoms with van der Waals surface area (Å²) in [5, 5.41) is 2.57. The Morgan fingerprint density at radius 1 is 1.12 bits per heavy atom. The van der Waals surface area contributed by atoms with Crippen LogP contribution in [0.2, 0.25) is 5.02 Å². The molecule has 24 heavy (non-hydrogen) atoms. The summed E-state index contributed by atoms with van der Waals surface area (Å²) in [6, 6.07) is 8.77. The Hall–Kier alpha value is -2.40. The number of ether oxygens (including phenoxy) is 1. The summed E-state index contributed by atoms with van der Waals surface area (Å²) in [6.45, 7) is 5.28. The number of carbonyl (C=O) groups excluding carboxylic acids is 2. The number of esters is 1. The number of anilines is 1. The van der Waals surface area contributed by atoms with Gasteiger partial charge in [-0.1, -0.05) is 17.7 Å². The molecule has 0 radical (unpaired) electrons. The van der Waals surface area contributed by atoms with E-state index in [1.54, 1.807) is 12.1 Å². The van der Waals surface area contributed by atoms with E-state index in [0.29, 0.717) is 5.56 Å². The molecular formula is C18H17ClFNO3. The van der Waals surface area contributed by atoms with Crippen LogP contribution in [-0.2, 0) is 9.53 Å². The van der Waals surface area contributed by atoms with E-state index in [4.69, 9.17) is 16.3 Å². The first-order valence-corrected chi connectivity index (χ1v) is 7.70. The lowest BCUT2D eigenvalue weighted by Crippen LogP contribution is -2.30. The highest BCUT2D eigenvalue weighted by Crippen LogP contribution is 2.22. The molecule has 0 unspecified atom stereocenters. The van der Waals surface area contributed by atoms with Gasteiger partial charge >= 0.3 is 5.97 Å². The fraction of sp³-hybridized carbons (Fsp3) is 0.222. The number of benzene rings is 2. The van der Waals surface area contributed by atoms with Crippen molar-refractivity contribution in [3.8, 4) is 0 Å². The van der Waals surface area contributed by atoms with Crippen LogP contribution in [0, 0.1) is 19.7 Å². The van der Waals surface area contributed by atoms with Crippen molar-refractivity contribution < 1.29 is 18.7 Å². The molecule has 0 aliphatic carbocycles. The lowest BCUT2D eigenvalue weighted by atomic mass is 10.1. The quantitative estimate of drug-likeness (QED) is 0.838. The Balaban J connectivity index is 2.02. The van der Waals surface area contributed by atoms with Gasteiger partial charge in [0.25, 0.3) is 5.91 Å². The van der Waals surface area contributed by atoms with Gasteiger partial charge in [0.2, 0.25) is 0 Å². The van der Waals surface area contributed by atoms with Crippen molar-refractivity contribution in [2.75, 3.05) is 5.32 Å². The van der Waals surface area contributed by atoms with Gasteiger partial charge in [0.05, 0.1) is 16.3 Å². The maximum atomic E-state index is 13.0. The summed E-state index contributed by atoms with van der Waals surface area (Å²) in [6.07, 6.45) is -1.03. The third-order valence-corrected chi connectivity index (χ3v) is 3.90. The second-order valence-corrected chi connectivity index (χ2v) is 5.87. The van der Waals surface area contributed by atoms with Crippen molar-refractivity contribution in [2.24, 2.45) is 0 Å². The van der Waals surface area contributed by atoms with Crippen molar-refractivity contribution in [3.05, 3.63) is 63.9 Å². The molecule has 0 aromatic heterocycles. The molecule has 2 aromatic carbocycles. The average Bonchev–Trinajstić information content (AvgIpc) is 2.52. The maximum absolute atomic E-state index is 13.0. The fourth-order valence-corrected chi connectivity index (χ4v) is 2.19. The normalized spacial score (nSPS) is 11.7. The number of aryl methyl sites for hydroxylation is 2. The van der Waals surface area contributed by atoms with E-state index in [1.807, 2.05) is 19.9 Å². The van der Waals surface area contributed by atoms with Crippen molar-refractivity contribution in [1.82, 2.24) is 0 Å². The number of nitrogens with one attached hydrogen (secondary N) is 1. The highest BCUT2D eigenvalue weighted by Gasteiger charge is 2.20. The molecule has 2 aromatic rings. The molecule has 1 N–H and O–H groups in total. The summed E-state index contributed by atoms with van der Waals surface area (Å²) in [4.78, 5) is 24.2. The Morgan fingerprint density at radius 2 is 1.83 bits per heavy atom. The molecule has 126 valence electrons. The van der Waals surface area contributed by atoms with Gasteiger partial charge in [0.15, 0.2) is 6.10 Å². The first kappa shape index (κ1) is 17.9. The number of hydrogen-bond acceptors (Lipinski definition) is 3. The van der Waals surface area contributed by atoms with Gasteiger partial charge in [-0.2, -0.15) is 0 Å². The molecule has 1 atom stereocenters. The number of amides is 1. The van der Waals surface area contributed by atoms with E-state index in [9.17, 15) is 14.0 Å². The molecule has 0 aliphatic heterocycles. The van der Waals surface area contributed by atoms with E-state index >= 15 is 0 Å². The average molecular weight is 350 g/mol. The summed E-state index contributed by atoms with van der Waals surface area (Å²) in [5.74, 6) is -1.65. The third-order valence-electron chi connectivity index (χ3n) is 3.58. The highest BCUT2D eigenvalue weighted by atomic mass is 35.5. The van der Waals surface area contributed by atoms with Crippen LogP contribution < -0.4 is 5.32 Å². The third kappa shape index (κ3) is 4.32. The highest BCUT2D eigenvalue weighted by molar-refractivity contribution is 6.33. The first-order chi connectivity index (χ1) is 11.3. The Morgan fingerprint density at radius 3 is 2.46 bits per heavy atom. The zero-order chi connectivity index (χ0) is 17.9. The van der Waals surface area contributed by atoms with Crippen molar-refractivity contribution in [2.45, 2.75) is 26.9 Å². The fourth-order valence-electron chi connectivity index (χ4n) is 1.98. The topological polar surface area (TPSA) is 55.4 Å². The largest absolute Gasteiger partial charge is 0.449 e. The minimum absolute atomic E-state index is 0.0658. The van der Waals surface area contributed by atoms with Crippen LogP contribution in [-0.4, -0.2) is 18.0 Å². The van der Waals surface area contributed by atoms with Crippen LogP contribution in [0.4, 0.5) is 10.1 Å². The van der Waals surface area contributed by atoms with E-state index in [1.165, 1.54) is 19.1 Å². The van der Waals surface area contributed by atoms with Crippen LogP contribution in [0.3, 0.4) is 0 Å².